The molecule has 0 amide bonds. The molecule has 2 aliphatic carbocycles. The lowest BCUT2D eigenvalue weighted by Gasteiger charge is -2.32. The van der Waals surface area contributed by atoms with Crippen molar-refractivity contribution in [1.29, 1.82) is 5.26 Å². The molecule has 0 radical (unpaired) electrons. The molecule has 0 aliphatic heterocycles. The zero-order valence-electron chi connectivity index (χ0n) is 12.6. The normalized spacial score (nSPS) is 34.5. The fourth-order valence-electron chi connectivity index (χ4n) is 3.28. The molecule has 2 aliphatic rings. The van der Waals surface area contributed by atoms with E-state index in [0.717, 1.165) is 18.3 Å². The first-order chi connectivity index (χ1) is 9.00. The number of nitrogens with one attached hydrogen (secondary N) is 1. The minimum atomic E-state index is -0.410. The lowest BCUT2D eigenvalue weighted by atomic mass is 9.82. The number of nitrogens with zero attached hydrogens (tertiary/aromatic N) is 1. The second kappa shape index (κ2) is 6.24. The first-order valence-corrected chi connectivity index (χ1v) is 7.81. The summed E-state index contributed by atoms with van der Waals surface area (Å²) in [4.78, 5) is 0. The Morgan fingerprint density at radius 2 is 1.84 bits per heavy atom. The van der Waals surface area contributed by atoms with E-state index in [2.05, 4.69) is 25.2 Å². The molecule has 0 saturated heterocycles. The van der Waals surface area contributed by atoms with Crippen LogP contribution in [0.3, 0.4) is 0 Å². The molecule has 3 unspecified atom stereocenters. The summed E-state index contributed by atoms with van der Waals surface area (Å²) in [6.45, 7) is 7.34. The molecule has 2 saturated carbocycles. The smallest absolute Gasteiger partial charge is 0.106 e. The highest BCUT2D eigenvalue weighted by Gasteiger charge is 2.32. The van der Waals surface area contributed by atoms with Gasteiger partial charge in [0.25, 0.3) is 0 Å². The van der Waals surface area contributed by atoms with Crippen LogP contribution in [0.5, 0.6) is 0 Å². The molecule has 19 heavy (non-hydrogen) atoms. The second-order valence-electron chi connectivity index (χ2n) is 7.02. The van der Waals surface area contributed by atoms with Gasteiger partial charge in [0.1, 0.15) is 5.54 Å². The van der Waals surface area contributed by atoms with Gasteiger partial charge in [0.05, 0.1) is 12.2 Å². The van der Waals surface area contributed by atoms with Gasteiger partial charge in [-0.1, -0.05) is 13.8 Å². The fourth-order valence-corrected chi connectivity index (χ4v) is 3.28. The number of hydrogen-bond donors (Lipinski definition) is 1. The predicted octanol–water partition coefficient (Wildman–Crippen LogP) is 3.25. The first kappa shape index (κ1) is 14.8. The van der Waals surface area contributed by atoms with Gasteiger partial charge >= 0.3 is 0 Å². The first-order valence-electron chi connectivity index (χ1n) is 7.81. The zero-order valence-corrected chi connectivity index (χ0v) is 12.6. The van der Waals surface area contributed by atoms with E-state index in [4.69, 9.17) is 4.74 Å². The van der Waals surface area contributed by atoms with Crippen molar-refractivity contribution in [1.82, 2.24) is 5.32 Å². The quantitative estimate of drug-likeness (QED) is 0.801. The summed E-state index contributed by atoms with van der Waals surface area (Å²) in [5.41, 5.74) is -0.410. The standard InChI is InChI=1S/C16H28N2O/c1-12-8-13(2)10-15(9-12)19-7-6-16(3,11-17)18-14-4-5-14/h12-15,18H,4-10H2,1-3H3. The van der Waals surface area contributed by atoms with Crippen molar-refractivity contribution in [3.05, 3.63) is 0 Å². The molecular weight excluding hydrogens is 236 g/mol. The van der Waals surface area contributed by atoms with Crippen molar-refractivity contribution in [2.75, 3.05) is 6.61 Å². The third kappa shape index (κ3) is 4.78. The van der Waals surface area contributed by atoms with Crippen LogP contribution in [-0.2, 0) is 4.74 Å². The molecule has 2 rings (SSSR count). The van der Waals surface area contributed by atoms with Gasteiger partial charge < -0.3 is 4.74 Å². The van der Waals surface area contributed by atoms with Crippen molar-refractivity contribution in [3.8, 4) is 6.07 Å². The predicted molar refractivity (Wildman–Crippen MR) is 76.7 cm³/mol. The molecule has 0 heterocycles. The average Bonchev–Trinajstić information content (AvgIpc) is 3.11. The van der Waals surface area contributed by atoms with Crippen LogP contribution < -0.4 is 5.32 Å². The molecule has 0 bridgehead atoms. The minimum absolute atomic E-state index is 0.405. The van der Waals surface area contributed by atoms with E-state index in [0.29, 0.717) is 18.8 Å². The fraction of sp³-hybridized carbons (Fsp3) is 0.938. The van der Waals surface area contributed by atoms with Crippen LogP contribution >= 0.6 is 0 Å². The van der Waals surface area contributed by atoms with E-state index in [-0.39, 0.29) is 0 Å². The Morgan fingerprint density at radius 3 is 2.37 bits per heavy atom. The summed E-state index contributed by atoms with van der Waals surface area (Å²) in [6.07, 6.45) is 7.33. The third-order valence-corrected chi connectivity index (χ3v) is 4.44. The third-order valence-electron chi connectivity index (χ3n) is 4.44. The number of rotatable bonds is 6. The number of hydrogen-bond acceptors (Lipinski definition) is 3. The molecule has 1 N–H and O–H groups in total. The summed E-state index contributed by atoms with van der Waals surface area (Å²) in [5, 5.41) is 12.7. The maximum atomic E-state index is 9.31. The Morgan fingerprint density at radius 1 is 1.21 bits per heavy atom. The molecule has 0 aromatic heterocycles. The molecule has 0 spiro atoms. The van der Waals surface area contributed by atoms with Crippen molar-refractivity contribution in [3.63, 3.8) is 0 Å². The van der Waals surface area contributed by atoms with Gasteiger partial charge in [-0.25, -0.2) is 0 Å². The van der Waals surface area contributed by atoms with Gasteiger partial charge in [-0.2, -0.15) is 5.26 Å². The van der Waals surface area contributed by atoms with E-state index < -0.39 is 5.54 Å². The van der Waals surface area contributed by atoms with Crippen LogP contribution in [0.2, 0.25) is 0 Å². The monoisotopic (exact) mass is 264 g/mol. The van der Waals surface area contributed by atoms with E-state index in [9.17, 15) is 5.26 Å². The average molecular weight is 264 g/mol. The maximum absolute atomic E-state index is 9.31. The van der Waals surface area contributed by atoms with Crippen LogP contribution in [0.4, 0.5) is 0 Å². The molecule has 108 valence electrons. The molecule has 0 aromatic carbocycles. The Balaban J connectivity index is 1.71. The SMILES string of the molecule is CC1CC(C)CC(OCCC(C)(C#N)NC2CC2)C1. The van der Waals surface area contributed by atoms with Crippen LogP contribution in [0.25, 0.3) is 0 Å². The second-order valence-corrected chi connectivity index (χ2v) is 7.02. The number of ether oxygens (including phenoxy) is 1. The summed E-state index contributed by atoms with van der Waals surface area (Å²) >= 11 is 0. The molecule has 2 fully saturated rings. The lowest BCUT2D eigenvalue weighted by Crippen LogP contribution is -2.43. The van der Waals surface area contributed by atoms with Crippen molar-refractivity contribution >= 4 is 0 Å². The van der Waals surface area contributed by atoms with Crippen molar-refractivity contribution < 1.29 is 4.74 Å². The maximum Gasteiger partial charge on any atom is 0.106 e. The van der Waals surface area contributed by atoms with Gasteiger partial charge in [-0.15, -0.1) is 0 Å². The zero-order chi connectivity index (χ0) is 13.9. The summed E-state index contributed by atoms with van der Waals surface area (Å²) in [5.74, 6) is 1.56. The van der Waals surface area contributed by atoms with E-state index in [1.54, 1.807) is 0 Å². The van der Waals surface area contributed by atoms with E-state index >= 15 is 0 Å². The molecule has 3 heteroatoms. The molecular formula is C16H28N2O. The van der Waals surface area contributed by atoms with Gasteiger partial charge in [0.2, 0.25) is 0 Å². The van der Waals surface area contributed by atoms with Gasteiger partial charge in [0.15, 0.2) is 0 Å². The van der Waals surface area contributed by atoms with Gasteiger partial charge in [0, 0.05) is 19.1 Å². The Labute approximate surface area is 117 Å². The van der Waals surface area contributed by atoms with Crippen LogP contribution in [0.15, 0.2) is 0 Å². The van der Waals surface area contributed by atoms with Gasteiger partial charge in [-0.3, -0.25) is 5.32 Å². The van der Waals surface area contributed by atoms with Crippen LogP contribution in [0, 0.1) is 23.2 Å². The Bertz CT molecular complexity index is 324. The largest absolute Gasteiger partial charge is 0.378 e. The Kier molecular flexibility index (Phi) is 4.86. The minimum Gasteiger partial charge on any atom is -0.378 e. The van der Waals surface area contributed by atoms with Crippen molar-refractivity contribution in [2.24, 2.45) is 11.8 Å². The summed E-state index contributed by atoms with van der Waals surface area (Å²) < 4.78 is 6.03. The topological polar surface area (TPSA) is 45.0 Å². The molecule has 3 nitrogen and oxygen atoms in total. The van der Waals surface area contributed by atoms with E-state index in [1.807, 2.05) is 6.92 Å². The highest BCUT2D eigenvalue weighted by atomic mass is 16.5. The summed E-state index contributed by atoms with van der Waals surface area (Å²) in [7, 11) is 0. The Hall–Kier alpha value is -0.590. The van der Waals surface area contributed by atoms with Gasteiger partial charge in [-0.05, 0) is 50.9 Å². The highest BCUT2D eigenvalue weighted by Crippen LogP contribution is 2.30. The summed E-state index contributed by atoms with van der Waals surface area (Å²) in [6, 6.07) is 2.98. The highest BCUT2D eigenvalue weighted by molar-refractivity contribution is 5.07. The van der Waals surface area contributed by atoms with Crippen molar-refractivity contribution in [2.45, 2.75) is 77.0 Å². The molecule has 3 atom stereocenters. The lowest BCUT2D eigenvalue weighted by molar-refractivity contribution is -0.00482. The number of nitriles is 1. The van der Waals surface area contributed by atoms with E-state index in [1.165, 1.54) is 32.1 Å². The van der Waals surface area contributed by atoms with Crippen LogP contribution in [0.1, 0.15) is 59.3 Å². The molecule has 0 aromatic rings. The van der Waals surface area contributed by atoms with Crippen LogP contribution in [-0.4, -0.2) is 24.3 Å².